The minimum Gasteiger partial charge on any atom is -0.355 e. The van der Waals surface area contributed by atoms with Gasteiger partial charge in [-0.05, 0) is 57.1 Å². The summed E-state index contributed by atoms with van der Waals surface area (Å²) in [7, 11) is 2.15. The maximum Gasteiger partial charge on any atom is 0.416 e. The van der Waals surface area contributed by atoms with Crippen LogP contribution in [0.15, 0.2) is 30.5 Å². The molecule has 2 saturated heterocycles. The second-order valence-corrected chi connectivity index (χ2v) is 9.71. The van der Waals surface area contributed by atoms with E-state index in [1.165, 1.54) is 19.4 Å². The van der Waals surface area contributed by atoms with Gasteiger partial charge in [0.15, 0.2) is 5.82 Å². The topological polar surface area (TPSA) is 83.2 Å². The Morgan fingerprint density at radius 3 is 2.56 bits per heavy atom. The number of rotatable bonds is 4. The first-order chi connectivity index (χ1) is 16.1. The summed E-state index contributed by atoms with van der Waals surface area (Å²) < 4.78 is 40.1. The fraction of sp³-hybridized carbons (Fsp3) is 0.458. The van der Waals surface area contributed by atoms with Crippen LogP contribution in [0, 0.1) is 19.3 Å². The molecule has 3 aromatic rings. The monoisotopic (exact) mass is 471 g/mol. The third kappa shape index (κ3) is 3.94. The largest absolute Gasteiger partial charge is 0.416 e. The molecular formula is C24H28F3N7. The third-order valence-electron chi connectivity index (χ3n) is 7.15. The number of alkyl halides is 3. The van der Waals surface area contributed by atoms with Gasteiger partial charge in [0, 0.05) is 42.0 Å². The van der Waals surface area contributed by atoms with Crippen molar-refractivity contribution in [2.45, 2.75) is 32.6 Å². The molecule has 0 bridgehead atoms. The molecule has 0 unspecified atom stereocenters. The molecule has 2 fully saturated rings. The summed E-state index contributed by atoms with van der Waals surface area (Å²) in [6, 6.07) is 5.99. The Bertz CT molecular complexity index is 1240. The molecule has 10 heteroatoms. The first-order valence-corrected chi connectivity index (χ1v) is 11.3. The summed E-state index contributed by atoms with van der Waals surface area (Å²) in [4.78, 5) is 9.28. The maximum atomic E-state index is 13.4. The molecule has 5 rings (SSSR count). The van der Waals surface area contributed by atoms with Crippen LogP contribution < -0.4 is 16.0 Å². The molecule has 1 atom stereocenters. The van der Waals surface area contributed by atoms with Crippen LogP contribution >= 0.6 is 0 Å². The predicted octanol–water partition coefficient (Wildman–Crippen LogP) is 3.87. The number of benzene rings is 1. The van der Waals surface area contributed by atoms with Gasteiger partial charge in [-0.15, -0.1) is 5.10 Å². The van der Waals surface area contributed by atoms with E-state index in [4.69, 9.17) is 5.73 Å². The second kappa shape index (κ2) is 8.06. The molecule has 2 aliphatic rings. The van der Waals surface area contributed by atoms with E-state index in [0.717, 1.165) is 54.5 Å². The van der Waals surface area contributed by atoms with Crippen molar-refractivity contribution in [3.63, 3.8) is 0 Å². The second-order valence-electron chi connectivity index (χ2n) is 9.71. The molecule has 3 N–H and O–H groups in total. The number of likely N-dealkylation sites (tertiary alicyclic amines) is 1. The van der Waals surface area contributed by atoms with Crippen molar-refractivity contribution in [2.24, 2.45) is 11.1 Å². The van der Waals surface area contributed by atoms with Crippen molar-refractivity contribution in [3.8, 4) is 0 Å². The summed E-state index contributed by atoms with van der Waals surface area (Å²) in [5, 5.41) is 13.2. The number of halogens is 3. The summed E-state index contributed by atoms with van der Waals surface area (Å²) in [6.45, 7) is 7.41. The molecule has 7 nitrogen and oxygen atoms in total. The molecule has 1 spiro atoms. The zero-order chi connectivity index (χ0) is 24.3. The fourth-order valence-corrected chi connectivity index (χ4v) is 5.31. The summed E-state index contributed by atoms with van der Waals surface area (Å²) in [5.74, 6) is 1.27. The molecule has 0 radical (unpaired) electrons. The number of nitrogens with two attached hydrogens (primary N) is 1. The fourth-order valence-electron chi connectivity index (χ4n) is 5.31. The number of aryl methyl sites for hydroxylation is 1. The van der Waals surface area contributed by atoms with E-state index in [1.54, 1.807) is 12.3 Å². The first kappa shape index (κ1) is 22.8. The van der Waals surface area contributed by atoms with Crippen molar-refractivity contribution in [1.82, 2.24) is 20.1 Å². The Kier molecular flexibility index (Phi) is 5.40. The molecule has 1 aromatic carbocycles. The molecule has 2 aliphatic heterocycles. The van der Waals surface area contributed by atoms with Gasteiger partial charge < -0.3 is 20.9 Å². The molecule has 34 heavy (non-hydrogen) atoms. The van der Waals surface area contributed by atoms with Gasteiger partial charge in [0.2, 0.25) is 0 Å². The molecule has 0 amide bonds. The van der Waals surface area contributed by atoms with Crippen LogP contribution in [0.3, 0.4) is 0 Å². The van der Waals surface area contributed by atoms with Crippen molar-refractivity contribution in [3.05, 3.63) is 52.8 Å². The quantitative estimate of drug-likeness (QED) is 0.559. The Hall–Kier alpha value is -2.98. The van der Waals surface area contributed by atoms with Crippen molar-refractivity contribution in [1.29, 1.82) is 0 Å². The highest BCUT2D eigenvalue weighted by molar-refractivity contribution is 5.94. The number of pyridine rings is 1. The first-order valence-electron chi connectivity index (χ1n) is 11.3. The Balaban J connectivity index is 1.44. The van der Waals surface area contributed by atoms with Crippen molar-refractivity contribution in [2.75, 3.05) is 43.4 Å². The van der Waals surface area contributed by atoms with Gasteiger partial charge in [0.05, 0.1) is 11.3 Å². The van der Waals surface area contributed by atoms with Crippen LogP contribution in [-0.4, -0.2) is 53.3 Å². The molecule has 4 heterocycles. The summed E-state index contributed by atoms with van der Waals surface area (Å²) in [5.41, 5.74) is 7.13. The van der Waals surface area contributed by atoms with Gasteiger partial charge in [0.1, 0.15) is 12.0 Å². The molecular weight excluding hydrogens is 443 g/mol. The molecule has 0 aliphatic carbocycles. The predicted molar refractivity (Wildman–Crippen MR) is 126 cm³/mol. The SMILES string of the molecule is Cc1c([C@@H](N)Nc2nnc(C)c3cnc(N4CC5(CCN(C)C5)C4)cc23)cccc1C(F)(F)F. The lowest BCUT2D eigenvalue weighted by Gasteiger charge is -2.48. The van der Waals surface area contributed by atoms with E-state index in [2.05, 4.69) is 37.3 Å². The standard InChI is InChI=1S/C24H28F3N7/c1-14-16(5-4-6-19(14)24(25,26)27)21(28)30-22-17-9-20(29-10-18(17)15(2)31-32-22)34-12-23(13-34)7-8-33(3)11-23/h4-6,9-10,21H,7-8,11-13,28H2,1-3H3,(H,30,32)/t21-/m0/s1. The number of anilines is 2. The minimum absolute atomic E-state index is 0.0918. The van der Waals surface area contributed by atoms with Crippen LogP contribution in [-0.2, 0) is 6.18 Å². The highest BCUT2D eigenvalue weighted by Crippen LogP contribution is 2.41. The average Bonchev–Trinajstić information content (AvgIpc) is 3.16. The lowest BCUT2D eigenvalue weighted by Crippen LogP contribution is -2.57. The average molecular weight is 472 g/mol. The van der Waals surface area contributed by atoms with Gasteiger partial charge in [0.25, 0.3) is 0 Å². The van der Waals surface area contributed by atoms with Crippen LogP contribution in [0.25, 0.3) is 10.8 Å². The van der Waals surface area contributed by atoms with Crippen LogP contribution in [0.2, 0.25) is 0 Å². The highest BCUT2D eigenvalue weighted by Gasteiger charge is 2.47. The van der Waals surface area contributed by atoms with Gasteiger partial charge in [-0.3, -0.25) is 0 Å². The summed E-state index contributed by atoms with van der Waals surface area (Å²) >= 11 is 0. The number of fused-ring (bicyclic) bond motifs is 1. The van der Waals surface area contributed by atoms with E-state index in [0.29, 0.717) is 16.8 Å². The van der Waals surface area contributed by atoms with Crippen LogP contribution in [0.1, 0.15) is 35.0 Å². The van der Waals surface area contributed by atoms with Crippen molar-refractivity contribution < 1.29 is 13.2 Å². The van der Waals surface area contributed by atoms with Gasteiger partial charge >= 0.3 is 6.18 Å². The summed E-state index contributed by atoms with van der Waals surface area (Å²) in [6.07, 6.45) is -2.36. The highest BCUT2D eigenvalue weighted by atomic mass is 19.4. The Morgan fingerprint density at radius 1 is 1.12 bits per heavy atom. The zero-order valence-corrected chi connectivity index (χ0v) is 19.4. The van der Waals surface area contributed by atoms with Gasteiger partial charge in [-0.1, -0.05) is 12.1 Å². The lowest BCUT2D eigenvalue weighted by molar-refractivity contribution is -0.138. The number of nitrogens with one attached hydrogen (secondary N) is 1. The Labute approximate surface area is 196 Å². The van der Waals surface area contributed by atoms with E-state index >= 15 is 0 Å². The normalized spacial score (nSPS) is 19.0. The van der Waals surface area contributed by atoms with E-state index < -0.39 is 17.9 Å². The number of aromatic nitrogens is 3. The number of hydrogen-bond acceptors (Lipinski definition) is 7. The van der Waals surface area contributed by atoms with E-state index in [1.807, 2.05) is 13.0 Å². The molecule has 2 aromatic heterocycles. The van der Waals surface area contributed by atoms with Crippen LogP contribution in [0.4, 0.5) is 24.8 Å². The van der Waals surface area contributed by atoms with Crippen molar-refractivity contribution >= 4 is 22.4 Å². The van der Waals surface area contributed by atoms with Crippen LogP contribution in [0.5, 0.6) is 0 Å². The Morgan fingerprint density at radius 2 is 1.88 bits per heavy atom. The van der Waals surface area contributed by atoms with E-state index in [-0.39, 0.29) is 5.56 Å². The third-order valence-corrected chi connectivity index (χ3v) is 7.15. The van der Waals surface area contributed by atoms with Gasteiger partial charge in [-0.2, -0.15) is 18.3 Å². The number of hydrogen-bond donors (Lipinski definition) is 2. The number of nitrogens with zero attached hydrogens (tertiary/aromatic N) is 5. The zero-order valence-electron chi connectivity index (χ0n) is 19.4. The smallest absolute Gasteiger partial charge is 0.355 e. The molecule has 180 valence electrons. The van der Waals surface area contributed by atoms with Gasteiger partial charge in [-0.25, -0.2) is 4.98 Å². The minimum atomic E-state index is -4.44. The van der Waals surface area contributed by atoms with E-state index in [9.17, 15) is 13.2 Å². The maximum absolute atomic E-state index is 13.4. The lowest BCUT2D eigenvalue weighted by atomic mass is 9.79. The molecule has 0 saturated carbocycles.